The molecule has 1 fully saturated rings. The first-order chi connectivity index (χ1) is 9.24. The van der Waals surface area contributed by atoms with E-state index in [-0.39, 0.29) is 0 Å². The second kappa shape index (κ2) is 10.3. The van der Waals surface area contributed by atoms with E-state index < -0.39 is 0 Å². The van der Waals surface area contributed by atoms with E-state index in [1.165, 1.54) is 44.9 Å². The van der Waals surface area contributed by atoms with Gasteiger partial charge in [0.05, 0.1) is 12.2 Å². The number of rotatable bonds is 12. The molecule has 0 bridgehead atoms. The molecule has 1 nitrogen and oxygen atoms in total. The summed E-state index contributed by atoms with van der Waals surface area (Å²) < 4.78 is 5.68. The molecule has 1 aliphatic heterocycles. The fraction of sp³-hybridized carbons (Fsp3) is 0.778. The average molecular weight is 264 g/mol. The Hall–Kier alpha value is -0.560. The summed E-state index contributed by atoms with van der Waals surface area (Å²) in [5.74, 6) is 0.870. The highest BCUT2D eigenvalue weighted by Gasteiger charge is 2.36. The molecular weight excluding hydrogens is 232 g/mol. The van der Waals surface area contributed by atoms with Crippen LogP contribution in [-0.2, 0) is 4.74 Å². The van der Waals surface area contributed by atoms with Gasteiger partial charge in [0, 0.05) is 0 Å². The van der Waals surface area contributed by atoms with Gasteiger partial charge in [-0.1, -0.05) is 70.6 Å². The molecule has 19 heavy (non-hydrogen) atoms. The minimum atomic E-state index is 0.516. The van der Waals surface area contributed by atoms with E-state index in [0.29, 0.717) is 12.2 Å². The smallest absolute Gasteiger partial charge is 0.0876 e. The van der Waals surface area contributed by atoms with E-state index in [9.17, 15) is 0 Å². The maximum absolute atomic E-state index is 5.68. The Morgan fingerprint density at radius 1 is 1.00 bits per heavy atom. The van der Waals surface area contributed by atoms with E-state index in [0.717, 1.165) is 18.8 Å². The highest BCUT2D eigenvalue weighted by Crippen LogP contribution is 2.30. The van der Waals surface area contributed by atoms with Crippen molar-refractivity contribution >= 4 is 0 Å². The molecule has 110 valence electrons. The molecule has 0 aromatic carbocycles. The summed E-state index contributed by atoms with van der Waals surface area (Å²) in [6.45, 7) is 8.33. The van der Waals surface area contributed by atoms with Gasteiger partial charge in [-0.05, 0) is 25.2 Å². The van der Waals surface area contributed by atoms with Crippen molar-refractivity contribution in [2.45, 2.75) is 83.8 Å². The van der Waals surface area contributed by atoms with Crippen molar-refractivity contribution in [3.63, 3.8) is 0 Å². The summed E-state index contributed by atoms with van der Waals surface area (Å²) in [6.07, 6.45) is 19.1. The molecule has 1 heteroatoms. The molecule has 0 aliphatic carbocycles. The maximum atomic E-state index is 5.68. The summed E-state index contributed by atoms with van der Waals surface area (Å²) in [5, 5.41) is 0. The fourth-order valence-electron chi connectivity index (χ4n) is 2.49. The number of hydrogen-bond donors (Lipinski definition) is 0. The normalized spacial score (nSPS) is 22.3. The molecule has 0 radical (unpaired) electrons. The molecule has 1 saturated heterocycles. The molecule has 0 spiro atoms. The third-order valence-electron chi connectivity index (χ3n) is 3.80. The van der Waals surface area contributed by atoms with Crippen molar-refractivity contribution in [3.05, 3.63) is 24.8 Å². The monoisotopic (exact) mass is 264 g/mol. The van der Waals surface area contributed by atoms with E-state index in [1.54, 1.807) is 0 Å². The van der Waals surface area contributed by atoms with Gasteiger partial charge in [0.15, 0.2) is 0 Å². The van der Waals surface area contributed by atoms with Crippen LogP contribution in [0, 0.1) is 5.92 Å². The molecule has 0 saturated carbocycles. The summed E-state index contributed by atoms with van der Waals surface area (Å²) >= 11 is 0. The lowest BCUT2D eigenvalue weighted by Gasteiger charge is -2.03. The summed E-state index contributed by atoms with van der Waals surface area (Å²) in [7, 11) is 0. The Balaban J connectivity index is 1.83. The van der Waals surface area contributed by atoms with Gasteiger partial charge < -0.3 is 4.74 Å². The van der Waals surface area contributed by atoms with Crippen molar-refractivity contribution < 1.29 is 4.74 Å². The van der Waals surface area contributed by atoms with Crippen molar-refractivity contribution in [1.82, 2.24) is 0 Å². The zero-order valence-electron chi connectivity index (χ0n) is 12.9. The van der Waals surface area contributed by atoms with E-state index in [1.807, 2.05) is 6.08 Å². The summed E-state index contributed by atoms with van der Waals surface area (Å²) in [5.41, 5.74) is 0. The highest BCUT2D eigenvalue weighted by atomic mass is 16.6. The highest BCUT2D eigenvalue weighted by molar-refractivity contribution is 4.95. The van der Waals surface area contributed by atoms with Crippen molar-refractivity contribution in [1.29, 1.82) is 0 Å². The first-order valence-electron chi connectivity index (χ1n) is 8.15. The minimum absolute atomic E-state index is 0.516. The van der Waals surface area contributed by atoms with Gasteiger partial charge in [-0.2, -0.15) is 0 Å². The number of unbranched alkanes of at least 4 members (excludes halogenated alkanes) is 4. The first-order valence-corrected chi connectivity index (χ1v) is 8.15. The van der Waals surface area contributed by atoms with Crippen LogP contribution >= 0.6 is 0 Å². The van der Waals surface area contributed by atoms with Crippen LogP contribution in [0.3, 0.4) is 0 Å². The van der Waals surface area contributed by atoms with E-state index in [4.69, 9.17) is 4.74 Å². The largest absolute Gasteiger partial charge is 0.369 e. The molecular formula is C18H32O. The Bertz CT molecular complexity index is 254. The SMILES string of the molecule is C=CC/C=C\CC1OC1CCCCCCCC(C)C. The minimum Gasteiger partial charge on any atom is -0.369 e. The lowest BCUT2D eigenvalue weighted by Crippen LogP contribution is -1.93. The summed E-state index contributed by atoms with van der Waals surface area (Å²) in [6, 6.07) is 0. The molecule has 2 atom stereocenters. The first kappa shape index (κ1) is 16.5. The molecule has 1 heterocycles. The summed E-state index contributed by atoms with van der Waals surface area (Å²) in [4.78, 5) is 0. The van der Waals surface area contributed by atoms with Crippen LogP contribution in [0.15, 0.2) is 24.8 Å². The van der Waals surface area contributed by atoms with Crippen LogP contribution < -0.4 is 0 Å². The third kappa shape index (κ3) is 9.04. The molecule has 0 N–H and O–H groups in total. The third-order valence-corrected chi connectivity index (χ3v) is 3.80. The zero-order chi connectivity index (χ0) is 13.9. The maximum Gasteiger partial charge on any atom is 0.0876 e. The molecule has 1 rings (SSSR count). The van der Waals surface area contributed by atoms with Gasteiger partial charge in [0.25, 0.3) is 0 Å². The van der Waals surface area contributed by atoms with Gasteiger partial charge in [-0.25, -0.2) is 0 Å². The van der Waals surface area contributed by atoms with Gasteiger partial charge >= 0.3 is 0 Å². The van der Waals surface area contributed by atoms with Gasteiger partial charge in [-0.15, -0.1) is 6.58 Å². The Kier molecular flexibility index (Phi) is 8.90. The molecule has 0 amide bonds. The quantitative estimate of drug-likeness (QED) is 0.251. The number of allylic oxidation sites excluding steroid dienone is 2. The van der Waals surface area contributed by atoms with Crippen LogP contribution in [0.1, 0.15) is 71.6 Å². The van der Waals surface area contributed by atoms with E-state index in [2.05, 4.69) is 32.6 Å². The lowest BCUT2D eigenvalue weighted by atomic mass is 10.0. The number of ether oxygens (including phenoxy) is 1. The standard InChI is InChI=1S/C18H32O/c1-4-5-6-11-14-17-18(19-17)15-12-9-7-8-10-13-16(2)3/h4,6,11,16-18H,1,5,7-10,12-15H2,2-3H3/b11-6-. The van der Waals surface area contributed by atoms with Crippen molar-refractivity contribution in [2.75, 3.05) is 0 Å². The predicted molar refractivity (Wildman–Crippen MR) is 84.4 cm³/mol. The van der Waals surface area contributed by atoms with Gasteiger partial charge in [0.2, 0.25) is 0 Å². The topological polar surface area (TPSA) is 12.5 Å². The van der Waals surface area contributed by atoms with Crippen LogP contribution in [0.25, 0.3) is 0 Å². The fourth-order valence-corrected chi connectivity index (χ4v) is 2.49. The Labute approximate surface area is 120 Å². The van der Waals surface area contributed by atoms with Crippen molar-refractivity contribution in [2.24, 2.45) is 5.92 Å². The van der Waals surface area contributed by atoms with E-state index >= 15 is 0 Å². The lowest BCUT2D eigenvalue weighted by molar-refractivity contribution is 0.358. The molecule has 1 aliphatic rings. The second-order valence-electron chi connectivity index (χ2n) is 6.18. The van der Waals surface area contributed by atoms with Crippen LogP contribution in [0.4, 0.5) is 0 Å². The van der Waals surface area contributed by atoms with Crippen LogP contribution in [0.5, 0.6) is 0 Å². The van der Waals surface area contributed by atoms with Gasteiger partial charge in [0.1, 0.15) is 0 Å². The second-order valence-corrected chi connectivity index (χ2v) is 6.18. The van der Waals surface area contributed by atoms with Gasteiger partial charge in [-0.3, -0.25) is 0 Å². The number of epoxide rings is 1. The van der Waals surface area contributed by atoms with Crippen molar-refractivity contribution in [3.8, 4) is 0 Å². The predicted octanol–water partition coefficient (Wildman–Crippen LogP) is 5.66. The molecule has 2 unspecified atom stereocenters. The van der Waals surface area contributed by atoms with Crippen LogP contribution in [0.2, 0.25) is 0 Å². The Morgan fingerprint density at radius 2 is 1.74 bits per heavy atom. The van der Waals surface area contributed by atoms with Crippen LogP contribution in [-0.4, -0.2) is 12.2 Å². The molecule has 0 aromatic rings. The zero-order valence-corrected chi connectivity index (χ0v) is 12.9. The Morgan fingerprint density at radius 3 is 2.47 bits per heavy atom. The average Bonchev–Trinajstić information content (AvgIpc) is 3.12. The molecule has 0 aromatic heterocycles. The number of hydrogen-bond acceptors (Lipinski definition) is 1.